The van der Waals surface area contributed by atoms with Crippen molar-refractivity contribution >= 4 is 26.8 Å². The number of pyridine rings is 1. The maximum absolute atomic E-state index is 11.9. The Kier molecular flexibility index (Phi) is 3.12. The van der Waals surface area contributed by atoms with Crippen molar-refractivity contribution in [1.29, 1.82) is 5.26 Å². The lowest BCUT2D eigenvalue weighted by molar-refractivity contribution is 0.843. The molecule has 0 aliphatic rings. The molecule has 1 aromatic carbocycles. The summed E-state index contributed by atoms with van der Waals surface area (Å²) < 4.78 is 2.63. The number of halogens is 1. The van der Waals surface area contributed by atoms with Crippen molar-refractivity contribution in [3.8, 4) is 6.07 Å². The maximum atomic E-state index is 11.9. The van der Waals surface area contributed by atoms with Gasteiger partial charge >= 0.3 is 0 Å². The van der Waals surface area contributed by atoms with Crippen LogP contribution < -0.4 is 5.43 Å². The summed E-state index contributed by atoms with van der Waals surface area (Å²) >= 11 is 3.29. The van der Waals surface area contributed by atoms with Crippen molar-refractivity contribution in [1.82, 2.24) is 4.57 Å². The third-order valence-electron chi connectivity index (χ3n) is 2.45. The molecular weight excluding hydrogens is 280 g/mol. The van der Waals surface area contributed by atoms with E-state index in [0.717, 1.165) is 10.00 Å². The smallest absolute Gasteiger partial charge is 0.207 e. The third kappa shape index (κ3) is 2.15. The summed E-state index contributed by atoms with van der Waals surface area (Å²) in [5.74, 6) is 0. The first-order valence-electron chi connectivity index (χ1n) is 4.99. The van der Waals surface area contributed by atoms with E-state index >= 15 is 0 Å². The Balaban J connectivity index is 2.84. The number of allylic oxidation sites excluding steroid dienone is 1. The van der Waals surface area contributed by atoms with Crippen molar-refractivity contribution in [3.63, 3.8) is 0 Å². The Morgan fingerprint density at radius 1 is 1.47 bits per heavy atom. The molecule has 0 amide bonds. The van der Waals surface area contributed by atoms with Crippen molar-refractivity contribution < 1.29 is 0 Å². The molecule has 0 aliphatic carbocycles. The summed E-state index contributed by atoms with van der Waals surface area (Å²) in [6.45, 7) is 4.29. The van der Waals surface area contributed by atoms with Gasteiger partial charge in [-0.3, -0.25) is 4.79 Å². The summed E-state index contributed by atoms with van der Waals surface area (Å²) in [6, 6.07) is 9.16. The van der Waals surface area contributed by atoms with E-state index in [0.29, 0.717) is 11.9 Å². The Labute approximate surface area is 107 Å². The van der Waals surface area contributed by atoms with Gasteiger partial charge in [-0.25, -0.2) is 0 Å². The van der Waals surface area contributed by atoms with Crippen LogP contribution in [0.3, 0.4) is 0 Å². The van der Waals surface area contributed by atoms with Gasteiger partial charge in [0.15, 0.2) is 0 Å². The molecule has 0 N–H and O–H groups in total. The van der Waals surface area contributed by atoms with E-state index in [1.807, 2.05) is 22.8 Å². The fourth-order valence-electron chi connectivity index (χ4n) is 1.74. The number of aromatic nitrogens is 1. The van der Waals surface area contributed by atoms with Gasteiger partial charge in [0.1, 0.15) is 11.6 Å². The molecule has 0 saturated heterocycles. The highest BCUT2D eigenvalue weighted by Gasteiger charge is 2.08. The van der Waals surface area contributed by atoms with E-state index in [9.17, 15) is 4.79 Å². The SMILES string of the molecule is C=C(Br)Cn1cc(C#N)c(=O)c2ccccc21. The molecule has 4 heteroatoms. The van der Waals surface area contributed by atoms with Gasteiger partial charge in [-0.15, -0.1) is 0 Å². The van der Waals surface area contributed by atoms with Crippen LogP contribution in [-0.4, -0.2) is 4.57 Å². The van der Waals surface area contributed by atoms with Crippen LogP contribution in [0.2, 0.25) is 0 Å². The molecular formula is C13H9BrN2O. The van der Waals surface area contributed by atoms with E-state index in [2.05, 4.69) is 22.5 Å². The Bertz CT molecular complexity index is 695. The molecule has 2 aromatic rings. The van der Waals surface area contributed by atoms with Crippen LogP contribution in [0.25, 0.3) is 10.9 Å². The standard InChI is InChI=1S/C13H9BrN2O/c1-9(14)7-16-8-10(6-15)13(17)11-4-2-3-5-12(11)16/h2-5,8H,1,7H2. The largest absolute Gasteiger partial charge is 0.341 e. The molecule has 0 bridgehead atoms. The topological polar surface area (TPSA) is 45.8 Å². The van der Waals surface area contributed by atoms with E-state index < -0.39 is 0 Å². The van der Waals surface area contributed by atoms with Crippen molar-refractivity contribution in [2.75, 3.05) is 0 Å². The quantitative estimate of drug-likeness (QED) is 0.853. The van der Waals surface area contributed by atoms with Gasteiger partial charge in [-0.1, -0.05) is 34.6 Å². The Morgan fingerprint density at radius 3 is 2.82 bits per heavy atom. The van der Waals surface area contributed by atoms with Gasteiger partial charge in [0.2, 0.25) is 5.43 Å². The number of nitrogens with zero attached hydrogens (tertiary/aromatic N) is 2. The summed E-state index contributed by atoms with van der Waals surface area (Å²) in [4.78, 5) is 11.9. The molecule has 0 radical (unpaired) electrons. The highest BCUT2D eigenvalue weighted by Crippen LogP contribution is 2.14. The molecule has 17 heavy (non-hydrogen) atoms. The van der Waals surface area contributed by atoms with Crippen molar-refractivity contribution in [2.24, 2.45) is 0 Å². The van der Waals surface area contributed by atoms with Crippen LogP contribution in [0.4, 0.5) is 0 Å². The Hall–Kier alpha value is -1.86. The molecule has 2 rings (SSSR count). The van der Waals surface area contributed by atoms with E-state index in [1.165, 1.54) is 0 Å². The second kappa shape index (κ2) is 4.56. The second-order valence-electron chi connectivity index (χ2n) is 3.65. The number of fused-ring (bicyclic) bond motifs is 1. The fourth-order valence-corrected chi connectivity index (χ4v) is 2.01. The predicted octanol–water partition coefficient (Wildman–Crippen LogP) is 2.78. The van der Waals surface area contributed by atoms with Crippen LogP contribution in [0.1, 0.15) is 5.56 Å². The monoisotopic (exact) mass is 288 g/mol. The first kappa shape index (κ1) is 11.6. The van der Waals surface area contributed by atoms with Crippen LogP contribution in [0.15, 0.2) is 46.3 Å². The van der Waals surface area contributed by atoms with E-state index in [1.54, 1.807) is 18.3 Å². The summed E-state index contributed by atoms with van der Waals surface area (Å²) in [5.41, 5.74) is 0.731. The van der Waals surface area contributed by atoms with Gasteiger partial charge < -0.3 is 4.57 Å². The molecule has 1 aromatic heterocycles. The van der Waals surface area contributed by atoms with Crippen molar-refractivity contribution in [2.45, 2.75) is 6.54 Å². The van der Waals surface area contributed by atoms with Gasteiger partial charge in [0.25, 0.3) is 0 Å². The first-order valence-corrected chi connectivity index (χ1v) is 5.78. The first-order chi connectivity index (χ1) is 8.13. The van der Waals surface area contributed by atoms with Crippen LogP contribution in [0, 0.1) is 11.3 Å². The highest BCUT2D eigenvalue weighted by molar-refractivity contribution is 9.11. The summed E-state index contributed by atoms with van der Waals surface area (Å²) in [6.07, 6.45) is 1.57. The van der Waals surface area contributed by atoms with Gasteiger partial charge in [0, 0.05) is 16.1 Å². The molecule has 0 spiro atoms. The molecule has 0 unspecified atom stereocenters. The lowest BCUT2D eigenvalue weighted by atomic mass is 10.1. The minimum absolute atomic E-state index is 0.150. The lowest BCUT2D eigenvalue weighted by Gasteiger charge is -2.10. The van der Waals surface area contributed by atoms with Crippen molar-refractivity contribution in [3.05, 3.63) is 57.3 Å². The number of benzene rings is 1. The zero-order chi connectivity index (χ0) is 12.4. The van der Waals surface area contributed by atoms with Gasteiger partial charge in [-0.2, -0.15) is 5.26 Å². The average molecular weight is 289 g/mol. The second-order valence-corrected chi connectivity index (χ2v) is 4.77. The molecule has 0 atom stereocenters. The molecule has 0 fully saturated rings. The number of hydrogen-bond donors (Lipinski definition) is 0. The fraction of sp³-hybridized carbons (Fsp3) is 0.0769. The highest BCUT2D eigenvalue weighted by atomic mass is 79.9. The van der Waals surface area contributed by atoms with Gasteiger partial charge in [-0.05, 0) is 12.1 Å². The predicted molar refractivity (Wildman–Crippen MR) is 71.0 cm³/mol. The maximum Gasteiger partial charge on any atom is 0.207 e. The number of nitriles is 1. The van der Waals surface area contributed by atoms with Crippen LogP contribution in [0.5, 0.6) is 0 Å². The summed E-state index contributed by atoms with van der Waals surface area (Å²) in [7, 11) is 0. The molecule has 0 saturated carbocycles. The van der Waals surface area contributed by atoms with Gasteiger partial charge in [0.05, 0.1) is 12.1 Å². The average Bonchev–Trinajstić information content (AvgIpc) is 2.32. The molecule has 3 nitrogen and oxygen atoms in total. The third-order valence-corrected chi connectivity index (χ3v) is 2.70. The number of rotatable bonds is 2. The summed E-state index contributed by atoms with van der Waals surface area (Å²) in [5, 5.41) is 9.49. The van der Waals surface area contributed by atoms with Crippen LogP contribution >= 0.6 is 15.9 Å². The van der Waals surface area contributed by atoms with E-state index in [-0.39, 0.29) is 11.0 Å². The lowest BCUT2D eigenvalue weighted by Crippen LogP contribution is -2.12. The minimum Gasteiger partial charge on any atom is -0.341 e. The zero-order valence-electron chi connectivity index (χ0n) is 8.98. The van der Waals surface area contributed by atoms with E-state index in [4.69, 9.17) is 5.26 Å². The zero-order valence-corrected chi connectivity index (χ0v) is 10.6. The molecule has 0 aliphatic heterocycles. The Morgan fingerprint density at radius 2 is 2.18 bits per heavy atom. The number of para-hydroxylation sites is 1. The number of hydrogen-bond acceptors (Lipinski definition) is 2. The molecule has 1 heterocycles. The molecule has 84 valence electrons. The van der Waals surface area contributed by atoms with Crippen LogP contribution in [-0.2, 0) is 6.54 Å². The minimum atomic E-state index is -0.223. The normalized spacial score (nSPS) is 10.1.